The molecule has 0 saturated carbocycles. The summed E-state index contributed by atoms with van der Waals surface area (Å²) in [5.74, 6) is 0. The average molecular weight is 279 g/mol. The number of rotatable bonds is 0. The van der Waals surface area contributed by atoms with Crippen LogP contribution in [0.25, 0.3) is 10.9 Å². The van der Waals surface area contributed by atoms with E-state index in [1.807, 2.05) is 29.8 Å². The summed E-state index contributed by atoms with van der Waals surface area (Å²) in [5.41, 5.74) is 2.39. The number of pyridine rings is 1. The molecule has 1 heterocycles. The van der Waals surface area contributed by atoms with Gasteiger partial charge in [0, 0.05) is 17.5 Å². The number of fused-ring (bicyclic) bond motifs is 1. The molecule has 0 aliphatic carbocycles. The fourth-order valence-corrected chi connectivity index (χ4v) is 1.82. The van der Waals surface area contributed by atoms with Crippen LogP contribution in [0.1, 0.15) is 5.56 Å². The smallest absolute Gasteiger partial charge is 0.418 e. The molecule has 1 aromatic heterocycles. The molecule has 7 heteroatoms. The van der Waals surface area contributed by atoms with Gasteiger partial charge in [0.25, 0.3) is 5.15 Å². The Balaban J connectivity index is 0.000000280. The van der Waals surface area contributed by atoms with Gasteiger partial charge in [-0.15, -0.1) is 0 Å². The van der Waals surface area contributed by atoms with Gasteiger partial charge in [-0.1, -0.05) is 12.1 Å². The van der Waals surface area contributed by atoms with Crippen molar-refractivity contribution in [2.24, 2.45) is 7.05 Å². The van der Waals surface area contributed by atoms with Gasteiger partial charge in [0.05, 0.1) is 0 Å². The topological polar surface area (TPSA) is 3.88 Å². The van der Waals surface area contributed by atoms with E-state index in [9.17, 15) is 17.3 Å². The fourth-order valence-electron chi connectivity index (χ4n) is 1.57. The molecule has 0 bridgehead atoms. The van der Waals surface area contributed by atoms with Crippen LogP contribution in [-0.4, -0.2) is 7.25 Å². The third-order valence-corrected chi connectivity index (χ3v) is 2.71. The predicted octanol–water partition coefficient (Wildman–Crippen LogP) is 3.93. The largest absolute Gasteiger partial charge is 0.673 e. The number of aryl methyl sites for hydroxylation is 2. The molecule has 18 heavy (non-hydrogen) atoms. The first-order valence-corrected chi connectivity index (χ1v) is 5.49. The number of halogens is 5. The molecule has 0 saturated heterocycles. The highest BCUT2D eigenvalue weighted by Gasteiger charge is 2.20. The summed E-state index contributed by atoms with van der Waals surface area (Å²) >= 11 is 6.06. The first kappa shape index (κ1) is 14.8. The first-order valence-electron chi connectivity index (χ1n) is 5.11. The van der Waals surface area contributed by atoms with Crippen LogP contribution in [0.2, 0.25) is 5.15 Å². The zero-order valence-corrected chi connectivity index (χ0v) is 10.6. The second-order valence-electron chi connectivity index (χ2n) is 3.72. The van der Waals surface area contributed by atoms with E-state index in [1.165, 1.54) is 16.5 Å². The summed E-state index contributed by atoms with van der Waals surface area (Å²) < 4.78 is 41.0. The molecule has 1 aromatic carbocycles. The van der Waals surface area contributed by atoms with Gasteiger partial charge in [0.15, 0.2) is 0 Å². The normalized spacial score (nSPS) is 11.1. The molecular weight excluding hydrogens is 268 g/mol. The SMILES string of the molecule is Cc1cc(Cl)[n+](C)c2ccccc12.F[B-](F)(F)F. The monoisotopic (exact) mass is 279 g/mol. The lowest BCUT2D eigenvalue weighted by molar-refractivity contribution is -0.642. The maximum Gasteiger partial charge on any atom is 0.673 e. The molecule has 98 valence electrons. The van der Waals surface area contributed by atoms with E-state index in [2.05, 4.69) is 19.1 Å². The molecule has 0 N–H and O–H groups in total. The van der Waals surface area contributed by atoms with Crippen LogP contribution in [0.4, 0.5) is 17.3 Å². The number of nitrogens with zero attached hydrogens (tertiary/aromatic N) is 1. The van der Waals surface area contributed by atoms with Crippen molar-refractivity contribution >= 4 is 29.8 Å². The number of aromatic nitrogens is 1. The predicted molar refractivity (Wildman–Crippen MR) is 65.1 cm³/mol. The van der Waals surface area contributed by atoms with E-state index in [0.717, 1.165) is 5.15 Å². The highest BCUT2D eigenvalue weighted by atomic mass is 35.5. The van der Waals surface area contributed by atoms with Crippen molar-refractivity contribution < 1.29 is 21.8 Å². The van der Waals surface area contributed by atoms with Crippen LogP contribution in [0.5, 0.6) is 0 Å². The van der Waals surface area contributed by atoms with Gasteiger partial charge >= 0.3 is 7.25 Å². The molecule has 1 nitrogen and oxygen atoms in total. The van der Waals surface area contributed by atoms with Crippen molar-refractivity contribution in [1.29, 1.82) is 0 Å². The zero-order valence-electron chi connectivity index (χ0n) is 9.80. The maximum absolute atomic E-state index is 9.75. The van der Waals surface area contributed by atoms with E-state index in [-0.39, 0.29) is 0 Å². The van der Waals surface area contributed by atoms with E-state index in [1.54, 1.807) is 0 Å². The standard InChI is InChI=1S/C11H11ClN.BF4/c1-8-7-11(12)13(2)10-6-4-3-5-9(8)10;2-1(3,4)5/h3-7H,1-2H3;/q+1;-1. The van der Waals surface area contributed by atoms with Crippen LogP contribution in [0, 0.1) is 6.92 Å². The Labute approximate surface area is 107 Å². The van der Waals surface area contributed by atoms with Crippen molar-refractivity contribution in [3.63, 3.8) is 0 Å². The zero-order chi connectivity index (χ0) is 13.9. The lowest BCUT2D eigenvalue weighted by Gasteiger charge is -2.00. The van der Waals surface area contributed by atoms with Crippen molar-refractivity contribution in [2.45, 2.75) is 6.92 Å². The Kier molecular flexibility index (Phi) is 4.56. The van der Waals surface area contributed by atoms with Gasteiger partial charge in [0.1, 0.15) is 7.05 Å². The van der Waals surface area contributed by atoms with Gasteiger partial charge in [-0.25, -0.2) is 0 Å². The minimum atomic E-state index is -6.00. The van der Waals surface area contributed by atoms with Crippen LogP contribution in [-0.2, 0) is 7.05 Å². The third-order valence-electron chi connectivity index (χ3n) is 2.35. The molecule has 2 aromatic rings. The van der Waals surface area contributed by atoms with Crippen molar-refractivity contribution in [3.8, 4) is 0 Å². The summed E-state index contributed by atoms with van der Waals surface area (Å²) in [7, 11) is -4.02. The summed E-state index contributed by atoms with van der Waals surface area (Å²) in [4.78, 5) is 0. The van der Waals surface area contributed by atoms with Gasteiger partial charge < -0.3 is 17.3 Å². The minimum Gasteiger partial charge on any atom is -0.418 e. The molecule has 0 aliphatic heterocycles. The molecule has 0 aliphatic rings. The van der Waals surface area contributed by atoms with Crippen molar-refractivity contribution in [2.75, 3.05) is 0 Å². The minimum absolute atomic E-state index is 0.774. The summed E-state index contributed by atoms with van der Waals surface area (Å²) in [6.45, 7) is 2.08. The van der Waals surface area contributed by atoms with E-state index in [0.29, 0.717) is 0 Å². The molecule has 0 spiro atoms. The Bertz CT molecular complexity index is 550. The molecule has 0 fully saturated rings. The van der Waals surface area contributed by atoms with E-state index in [4.69, 9.17) is 11.6 Å². The Morgan fingerprint density at radius 2 is 1.61 bits per heavy atom. The molecule has 0 atom stereocenters. The number of benzene rings is 1. The van der Waals surface area contributed by atoms with Gasteiger partial charge in [0.2, 0.25) is 5.52 Å². The second kappa shape index (κ2) is 5.56. The van der Waals surface area contributed by atoms with E-state index < -0.39 is 7.25 Å². The Morgan fingerprint density at radius 3 is 2.17 bits per heavy atom. The highest BCUT2D eigenvalue weighted by Crippen LogP contribution is 2.17. The molecular formula is C11H11BClF4N. The molecule has 0 unspecified atom stereocenters. The fraction of sp³-hybridized carbons (Fsp3) is 0.182. The van der Waals surface area contributed by atoms with Gasteiger partial charge in [-0.05, 0) is 30.2 Å². The van der Waals surface area contributed by atoms with Gasteiger partial charge in [-0.2, -0.15) is 4.57 Å². The maximum atomic E-state index is 9.75. The summed E-state index contributed by atoms with van der Waals surface area (Å²) in [6, 6.07) is 10.3. The van der Waals surface area contributed by atoms with Gasteiger partial charge in [-0.3, -0.25) is 0 Å². The quantitative estimate of drug-likeness (QED) is 0.298. The average Bonchev–Trinajstić information content (AvgIpc) is 2.24. The van der Waals surface area contributed by atoms with Crippen LogP contribution in [0.3, 0.4) is 0 Å². The second-order valence-corrected chi connectivity index (χ2v) is 4.11. The lowest BCUT2D eigenvalue weighted by Crippen LogP contribution is -2.30. The van der Waals surface area contributed by atoms with Crippen molar-refractivity contribution in [3.05, 3.63) is 41.0 Å². The number of hydrogen-bond acceptors (Lipinski definition) is 0. The van der Waals surface area contributed by atoms with Crippen LogP contribution in [0.15, 0.2) is 30.3 Å². The molecule has 0 amide bonds. The van der Waals surface area contributed by atoms with Crippen LogP contribution >= 0.6 is 11.6 Å². The number of para-hydroxylation sites is 1. The summed E-state index contributed by atoms with van der Waals surface area (Å²) in [5, 5.41) is 2.03. The third kappa shape index (κ3) is 4.18. The molecule has 2 rings (SSSR count). The summed E-state index contributed by atoms with van der Waals surface area (Å²) in [6.07, 6.45) is 0. The van der Waals surface area contributed by atoms with Crippen molar-refractivity contribution in [1.82, 2.24) is 0 Å². The highest BCUT2D eigenvalue weighted by molar-refractivity contribution is 6.50. The van der Waals surface area contributed by atoms with E-state index >= 15 is 0 Å². The Morgan fingerprint density at radius 1 is 1.11 bits per heavy atom. The lowest BCUT2D eigenvalue weighted by atomic mass is 10.1. The Hall–Kier alpha value is -1.30. The van der Waals surface area contributed by atoms with Crippen LogP contribution < -0.4 is 4.57 Å². The first-order chi connectivity index (χ1) is 8.20. The number of hydrogen-bond donors (Lipinski definition) is 0. The molecule has 0 radical (unpaired) electrons.